The van der Waals surface area contributed by atoms with Crippen molar-refractivity contribution in [3.8, 4) is 0 Å². The molecule has 0 bridgehead atoms. The van der Waals surface area contributed by atoms with E-state index < -0.39 is 0 Å². The van der Waals surface area contributed by atoms with E-state index in [2.05, 4.69) is 13.2 Å². The van der Waals surface area contributed by atoms with Crippen LogP contribution in [0.25, 0.3) is 0 Å². The van der Waals surface area contributed by atoms with Crippen LogP contribution in [-0.2, 0) is 4.74 Å². The zero-order valence-corrected chi connectivity index (χ0v) is 9.61. The van der Waals surface area contributed by atoms with Gasteiger partial charge in [0.15, 0.2) is 0 Å². The van der Waals surface area contributed by atoms with Crippen molar-refractivity contribution in [1.29, 1.82) is 0 Å². The van der Waals surface area contributed by atoms with Crippen LogP contribution in [0.4, 0.5) is 0 Å². The summed E-state index contributed by atoms with van der Waals surface area (Å²) < 4.78 is 5.20. The number of ether oxygens (including phenoxy) is 1. The third-order valence-corrected chi connectivity index (χ3v) is 1.22. The third kappa shape index (κ3) is 8.93. The Kier molecular flexibility index (Phi) is 10.2. The van der Waals surface area contributed by atoms with E-state index in [1.54, 1.807) is 0 Å². The second-order valence-corrected chi connectivity index (χ2v) is 2.53. The van der Waals surface area contributed by atoms with Crippen LogP contribution in [0.5, 0.6) is 0 Å². The SMILES string of the molecule is C=C(C)/C=C(/C)C(=C)OCC.CC. The summed E-state index contributed by atoms with van der Waals surface area (Å²) in [6.45, 7) is 18.1. The lowest BCUT2D eigenvalue weighted by Crippen LogP contribution is -1.91. The highest BCUT2D eigenvalue weighted by Gasteiger charge is 1.94. The molecule has 0 saturated carbocycles. The molecule has 1 nitrogen and oxygen atoms in total. The summed E-state index contributed by atoms with van der Waals surface area (Å²) in [6.07, 6.45) is 1.96. The Morgan fingerprint density at radius 2 is 1.69 bits per heavy atom. The lowest BCUT2D eigenvalue weighted by molar-refractivity contribution is 0.239. The van der Waals surface area contributed by atoms with E-state index in [9.17, 15) is 0 Å². The molecule has 0 radical (unpaired) electrons. The molecule has 0 saturated heterocycles. The van der Waals surface area contributed by atoms with Gasteiger partial charge in [-0.15, -0.1) is 0 Å². The van der Waals surface area contributed by atoms with E-state index in [-0.39, 0.29) is 0 Å². The van der Waals surface area contributed by atoms with Crippen molar-refractivity contribution in [2.24, 2.45) is 0 Å². The normalized spacial score (nSPS) is 9.77. The van der Waals surface area contributed by atoms with E-state index in [0.29, 0.717) is 6.61 Å². The minimum atomic E-state index is 0.667. The van der Waals surface area contributed by atoms with Gasteiger partial charge in [0.1, 0.15) is 5.76 Å². The Labute approximate surface area is 82.8 Å². The zero-order chi connectivity index (χ0) is 10.9. The largest absolute Gasteiger partial charge is 0.494 e. The van der Waals surface area contributed by atoms with Gasteiger partial charge in [0.2, 0.25) is 0 Å². The van der Waals surface area contributed by atoms with Crippen molar-refractivity contribution < 1.29 is 4.74 Å². The molecular weight excluding hydrogens is 160 g/mol. The Balaban J connectivity index is 0. The molecule has 0 atom stereocenters. The molecule has 13 heavy (non-hydrogen) atoms. The third-order valence-electron chi connectivity index (χ3n) is 1.22. The first-order valence-corrected chi connectivity index (χ1v) is 4.73. The molecule has 0 aromatic carbocycles. The minimum absolute atomic E-state index is 0.667. The first-order chi connectivity index (χ1) is 6.07. The fourth-order valence-electron chi connectivity index (χ4n) is 0.738. The minimum Gasteiger partial charge on any atom is -0.494 e. The summed E-state index contributed by atoms with van der Waals surface area (Å²) in [7, 11) is 0. The average Bonchev–Trinajstić information content (AvgIpc) is 2.07. The van der Waals surface area contributed by atoms with Crippen LogP contribution in [0, 0.1) is 0 Å². The smallest absolute Gasteiger partial charge is 0.115 e. The second kappa shape index (κ2) is 9.11. The summed E-state index contributed by atoms with van der Waals surface area (Å²) in [4.78, 5) is 0. The molecule has 0 aliphatic carbocycles. The highest BCUT2D eigenvalue weighted by atomic mass is 16.5. The Morgan fingerprint density at radius 3 is 2.00 bits per heavy atom. The Hall–Kier alpha value is -0.980. The van der Waals surface area contributed by atoms with Crippen LogP contribution in [0.15, 0.2) is 36.1 Å². The zero-order valence-electron chi connectivity index (χ0n) is 9.61. The maximum Gasteiger partial charge on any atom is 0.115 e. The van der Waals surface area contributed by atoms with Crippen molar-refractivity contribution in [2.45, 2.75) is 34.6 Å². The summed E-state index contributed by atoms with van der Waals surface area (Å²) in [6, 6.07) is 0. The van der Waals surface area contributed by atoms with E-state index in [1.165, 1.54) is 0 Å². The van der Waals surface area contributed by atoms with Gasteiger partial charge in [0, 0.05) is 0 Å². The van der Waals surface area contributed by atoms with Crippen molar-refractivity contribution >= 4 is 0 Å². The molecule has 0 N–H and O–H groups in total. The van der Waals surface area contributed by atoms with Crippen molar-refractivity contribution in [3.63, 3.8) is 0 Å². The highest BCUT2D eigenvalue weighted by Crippen LogP contribution is 2.09. The second-order valence-electron chi connectivity index (χ2n) is 2.53. The molecule has 0 heterocycles. The molecular formula is C12H22O. The van der Waals surface area contributed by atoms with E-state index in [1.807, 2.05) is 40.7 Å². The van der Waals surface area contributed by atoms with Gasteiger partial charge in [-0.1, -0.05) is 38.7 Å². The standard InChI is InChI=1S/C10H16O.C2H6/c1-6-11-10(5)9(4)7-8(2)3;1-2/h7H,2,5-6H2,1,3-4H3;1-2H3/b9-7-;. The number of rotatable bonds is 4. The van der Waals surface area contributed by atoms with Gasteiger partial charge in [0.05, 0.1) is 6.61 Å². The van der Waals surface area contributed by atoms with Gasteiger partial charge in [-0.05, 0) is 26.3 Å². The van der Waals surface area contributed by atoms with Gasteiger partial charge < -0.3 is 4.74 Å². The lowest BCUT2D eigenvalue weighted by atomic mass is 10.2. The predicted octanol–water partition coefficient (Wildman–Crippen LogP) is 4.09. The Morgan fingerprint density at radius 1 is 1.23 bits per heavy atom. The van der Waals surface area contributed by atoms with Crippen LogP contribution in [-0.4, -0.2) is 6.61 Å². The molecule has 0 spiro atoms. The summed E-state index contributed by atoms with van der Waals surface area (Å²) >= 11 is 0. The first-order valence-electron chi connectivity index (χ1n) is 4.73. The molecule has 0 fully saturated rings. The molecule has 0 aliphatic rings. The van der Waals surface area contributed by atoms with Crippen LogP contribution >= 0.6 is 0 Å². The molecule has 0 aromatic heterocycles. The maximum atomic E-state index is 5.20. The summed E-state index contributed by atoms with van der Waals surface area (Å²) in [5.74, 6) is 0.732. The number of hydrogen-bond acceptors (Lipinski definition) is 1. The van der Waals surface area contributed by atoms with Gasteiger partial charge in [-0.2, -0.15) is 0 Å². The van der Waals surface area contributed by atoms with Crippen molar-refractivity contribution in [2.75, 3.05) is 6.61 Å². The van der Waals surface area contributed by atoms with E-state index in [0.717, 1.165) is 16.9 Å². The topological polar surface area (TPSA) is 9.23 Å². The first kappa shape index (κ1) is 14.5. The number of allylic oxidation sites excluding steroid dienone is 3. The summed E-state index contributed by atoms with van der Waals surface area (Å²) in [5.41, 5.74) is 2.06. The average molecular weight is 182 g/mol. The van der Waals surface area contributed by atoms with Crippen LogP contribution in [0.1, 0.15) is 34.6 Å². The van der Waals surface area contributed by atoms with Gasteiger partial charge in [0.25, 0.3) is 0 Å². The quantitative estimate of drug-likeness (QED) is 0.470. The summed E-state index contributed by atoms with van der Waals surface area (Å²) in [5, 5.41) is 0. The fraction of sp³-hybridized carbons (Fsp3) is 0.500. The van der Waals surface area contributed by atoms with E-state index in [4.69, 9.17) is 4.74 Å². The molecule has 0 amide bonds. The van der Waals surface area contributed by atoms with Gasteiger partial charge in [-0.25, -0.2) is 0 Å². The Bertz CT molecular complexity index is 187. The maximum absolute atomic E-state index is 5.20. The van der Waals surface area contributed by atoms with Gasteiger partial charge in [-0.3, -0.25) is 0 Å². The molecule has 1 heteroatoms. The lowest BCUT2D eigenvalue weighted by Gasteiger charge is -2.06. The predicted molar refractivity (Wildman–Crippen MR) is 60.7 cm³/mol. The highest BCUT2D eigenvalue weighted by molar-refractivity contribution is 5.28. The van der Waals surface area contributed by atoms with Crippen molar-refractivity contribution in [1.82, 2.24) is 0 Å². The molecule has 76 valence electrons. The van der Waals surface area contributed by atoms with Crippen LogP contribution < -0.4 is 0 Å². The molecule has 0 aliphatic heterocycles. The van der Waals surface area contributed by atoms with Crippen LogP contribution in [0.2, 0.25) is 0 Å². The van der Waals surface area contributed by atoms with E-state index >= 15 is 0 Å². The van der Waals surface area contributed by atoms with Crippen LogP contribution in [0.3, 0.4) is 0 Å². The number of hydrogen-bond donors (Lipinski definition) is 0. The van der Waals surface area contributed by atoms with Crippen molar-refractivity contribution in [3.05, 3.63) is 36.1 Å². The molecule has 0 rings (SSSR count). The van der Waals surface area contributed by atoms with Gasteiger partial charge >= 0.3 is 0 Å². The molecule has 0 unspecified atom stereocenters. The fourth-order valence-corrected chi connectivity index (χ4v) is 0.738. The molecule has 0 aromatic rings. The monoisotopic (exact) mass is 182 g/mol.